The number of benzene rings is 1. The fourth-order valence-corrected chi connectivity index (χ4v) is 9.65. The Morgan fingerprint density at radius 2 is 0.957 bits per heavy atom. The number of aliphatic carboxylic acids is 3. The summed E-state index contributed by atoms with van der Waals surface area (Å²) in [5.41, 5.74) is 24.4. The Morgan fingerprint density at radius 1 is 0.522 bits per heavy atom. The van der Waals surface area contributed by atoms with E-state index in [1.807, 2.05) is 6.92 Å². The Hall–Kier alpha value is -8.43. The lowest BCUT2D eigenvalue weighted by atomic mass is 9.98. The molecule has 22 N–H and O–H groups in total. The SMILES string of the molecule is CC[C@H](C)[C@H](N)C(=O)N[C@@H](CCCCN)C(=O)N[C@@H](CCC(=O)O)C(=O)N[C@@H](CC(N)=O)C(=O)N[C@@H](CC(C)C)C(=O)N[C@@H](CCCCN)C(=O)N[C@@H](CC(=O)O)C(=O)N[C@@H](CS)C(=O)NCC(=O)N[C@@H](CC(C)C)C(=O)N[C@@H](Cc1c[nH]c2ccccc12)C(=O)O. The first-order chi connectivity index (χ1) is 43.3. The summed E-state index contributed by atoms with van der Waals surface area (Å²) < 4.78 is 0. The van der Waals surface area contributed by atoms with Crippen LogP contribution in [0.25, 0.3) is 10.9 Å². The van der Waals surface area contributed by atoms with Gasteiger partial charge in [0.1, 0.15) is 54.4 Å². The number of aromatic nitrogens is 1. The number of nitrogens with one attached hydrogen (secondary N) is 11. The minimum absolute atomic E-state index is 0.0414. The molecule has 92 heavy (non-hydrogen) atoms. The van der Waals surface area contributed by atoms with Crippen LogP contribution in [0.4, 0.5) is 0 Å². The van der Waals surface area contributed by atoms with Gasteiger partial charge in [-0.3, -0.25) is 62.3 Å². The summed E-state index contributed by atoms with van der Waals surface area (Å²) in [6.45, 7) is 10.0. The van der Waals surface area contributed by atoms with E-state index >= 15 is 0 Å². The smallest absolute Gasteiger partial charge is 0.326 e. The van der Waals surface area contributed by atoms with Crippen LogP contribution in [0.15, 0.2) is 30.5 Å². The van der Waals surface area contributed by atoms with E-state index in [4.69, 9.17) is 22.9 Å². The van der Waals surface area contributed by atoms with Gasteiger partial charge in [0.2, 0.25) is 65.0 Å². The van der Waals surface area contributed by atoms with Gasteiger partial charge >= 0.3 is 17.9 Å². The van der Waals surface area contributed by atoms with Crippen molar-refractivity contribution in [2.75, 3.05) is 25.4 Å². The van der Waals surface area contributed by atoms with Crippen LogP contribution in [0, 0.1) is 17.8 Å². The lowest BCUT2D eigenvalue weighted by Gasteiger charge is -2.28. The number of amides is 11. The number of carbonyl (C=O) groups excluding carboxylic acids is 11. The highest BCUT2D eigenvalue weighted by Crippen LogP contribution is 2.20. The van der Waals surface area contributed by atoms with Gasteiger partial charge in [-0.2, -0.15) is 12.6 Å². The number of unbranched alkanes of at least 4 members (excludes halogenated alkanes) is 2. The molecule has 0 radical (unpaired) electrons. The van der Waals surface area contributed by atoms with Crippen molar-refractivity contribution in [1.29, 1.82) is 0 Å². The molecule has 0 aliphatic rings. The third-order valence-electron chi connectivity index (χ3n) is 14.7. The first kappa shape index (κ1) is 79.7. The van der Waals surface area contributed by atoms with Crippen LogP contribution in [0.1, 0.15) is 131 Å². The molecule has 32 nitrogen and oxygen atoms in total. The molecular formula is C59H95N15O17S. The van der Waals surface area contributed by atoms with Crippen molar-refractivity contribution in [2.45, 2.75) is 192 Å². The molecule has 0 fully saturated rings. The van der Waals surface area contributed by atoms with Crippen molar-refractivity contribution in [2.24, 2.45) is 40.7 Å². The number of fused-ring (bicyclic) bond motifs is 1. The number of H-pyrrole nitrogens is 1. The van der Waals surface area contributed by atoms with Crippen LogP contribution in [-0.4, -0.2) is 189 Å². The van der Waals surface area contributed by atoms with Crippen molar-refractivity contribution in [3.63, 3.8) is 0 Å². The molecule has 0 saturated carbocycles. The summed E-state index contributed by atoms with van der Waals surface area (Å²) >= 11 is 4.14. The Morgan fingerprint density at radius 3 is 1.42 bits per heavy atom. The predicted molar refractivity (Wildman–Crippen MR) is 339 cm³/mol. The first-order valence-corrected chi connectivity index (χ1v) is 31.3. The van der Waals surface area contributed by atoms with Gasteiger partial charge in [-0.25, -0.2) is 4.79 Å². The highest BCUT2D eigenvalue weighted by Gasteiger charge is 2.37. The fraction of sp³-hybridized carbons (Fsp3) is 0.627. The van der Waals surface area contributed by atoms with Crippen molar-refractivity contribution in [1.82, 2.24) is 58.2 Å². The summed E-state index contributed by atoms with van der Waals surface area (Å²) in [5.74, 6) is -16.6. The van der Waals surface area contributed by atoms with E-state index in [0.717, 1.165) is 10.9 Å². The van der Waals surface area contributed by atoms with Crippen LogP contribution in [0.2, 0.25) is 0 Å². The van der Waals surface area contributed by atoms with Crippen LogP contribution >= 0.6 is 12.6 Å². The van der Waals surface area contributed by atoms with Crippen molar-refractivity contribution < 1.29 is 82.4 Å². The molecule has 1 aromatic carbocycles. The molecule has 2 rings (SSSR count). The topological polar surface area (TPSA) is 540 Å². The number of carboxylic acids is 3. The van der Waals surface area contributed by atoms with Gasteiger partial charge in [0.05, 0.1) is 25.4 Å². The third-order valence-corrected chi connectivity index (χ3v) is 15.1. The zero-order valence-electron chi connectivity index (χ0n) is 52.9. The second-order valence-electron chi connectivity index (χ2n) is 23.4. The average Bonchev–Trinajstić information content (AvgIpc) is 1.79. The number of hydrogen-bond donors (Lipinski definition) is 19. The zero-order valence-corrected chi connectivity index (χ0v) is 53.8. The minimum atomic E-state index is -1.92. The molecule has 1 heterocycles. The van der Waals surface area contributed by atoms with E-state index < -0.39 is 181 Å². The maximum Gasteiger partial charge on any atom is 0.326 e. The molecule has 11 atom stereocenters. The Balaban J connectivity index is 2.32. The zero-order chi connectivity index (χ0) is 69.4. The quantitative estimate of drug-likeness (QED) is 0.0234. The largest absolute Gasteiger partial charge is 0.481 e. The molecule has 514 valence electrons. The fourth-order valence-electron chi connectivity index (χ4n) is 9.40. The number of nitrogens with two attached hydrogens (primary N) is 4. The second kappa shape index (κ2) is 41.1. The van der Waals surface area contributed by atoms with Gasteiger partial charge in [0, 0.05) is 35.7 Å². The van der Waals surface area contributed by atoms with E-state index in [2.05, 4.69) is 70.8 Å². The molecule has 33 heteroatoms. The number of primary amides is 1. The van der Waals surface area contributed by atoms with Crippen molar-refractivity contribution >= 4 is 106 Å². The molecule has 0 bridgehead atoms. The molecular weight excluding hydrogens is 1220 g/mol. The number of carboxylic acid groups (broad SMARTS) is 3. The van der Waals surface area contributed by atoms with Crippen molar-refractivity contribution in [3.8, 4) is 0 Å². The Bertz CT molecular complexity index is 2860. The predicted octanol–water partition coefficient (Wildman–Crippen LogP) is -2.86. The number of carbonyl (C=O) groups is 14. The van der Waals surface area contributed by atoms with Crippen LogP contribution < -0.4 is 76.1 Å². The molecule has 0 aliphatic heterocycles. The summed E-state index contributed by atoms with van der Waals surface area (Å²) in [6, 6.07) is -7.87. The number of aromatic amines is 1. The van der Waals surface area contributed by atoms with Gasteiger partial charge in [-0.05, 0) is 100 Å². The van der Waals surface area contributed by atoms with Gasteiger partial charge in [-0.15, -0.1) is 0 Å². The maximum absolute atomic E-state index is 14.2. The Kier molecular flexibility index (Phi) is 35.6. The number of hydrogen-bond acceptors (Lipinski definition) is 18. The average molecular weight is 1320 g/mol. The third kappa shape index (κ3) is 28.8. The van der Waals surface area contributed by atoms with Gasteiger partial charge < -0.3 is 96.4 Å². The standard InChI is InChI=1S/C59H95N15O17S/c1-7-32(6)49(63)58(89)69-37(17-11-13-21-61)51(82)68-38(18-19-47(77)78)53(84)71-41(25-45(62)75)56(87)70-40(23-31(4)5)55(86)67-36(16-10-12-20-60)52(83)72-42(26-48(79)80)57(88)74-44(29-92)50(81)65-28-46(76)66-39(22-30(2)3)54(85)73-43(59(90)91)24-33-27-64-35-15-9-8-14-34(33)35/h8-9,14-15,27,30-32,36-44,49,64,92H,7,10-13,16-26,28-29,60-61,63H2,1-6H3,(H2,62,75)(H,65,81)(H,66,76)(H,67,86)(H,68,82)(H,69,89)(H,70,87)(H,71,84)(H,72,83)(H,73,85)(H,74,88)(H,77,78)(H,79,80)(H,90,91)/t32-,36-,37-,38-,39-,40-,41-,42-,43-,44-,49-/m0/s1. The van der Waals surface area contributed by atoms with Crippen LogP contribution in [0.3, 0.4) is 0 Å². The van der Waals surface area contributed by atoms with Crippen LogP contribution in [0.5, 0.6) is 0 Å². The molecule has 0 saturated heterocycles. The molecule has 0 aliphatic carbocycles. The lowest BCUT2D eigenvalue weighted by molar-refractivity contribution is -0.142. The normalized spacial score (nSPS) is 14.8. The number of thiol groups is 1. The van der Waals surface area contributed by atoms with E-state index in [0.29, 0.717) is 31.2 Å². The summed E-state index contributed by atoms with van der Waals surface area (Å²) in [5, 5.41) is 54.3. The van der Waals surface area contributed by atoms with Crippen LogP contribution in [-0.2, 0) is 73.5 Å². The number of para-hydroxylation sites is 1. The molecule has 1 aromatic heterocycles. The van der Waals surface area contributed by atoms with E-state index in [-0.39, 0.29) is 69.4 Å². The summed E-state index contributed by atoms with van der Waals surface area (Å²) in [4.78, 5) is 189. The van der Waals surface area contributed by atoms with E-state index in [1.54, 1.807) is 65.1 Å². The lowest BCUT2D eigenvalue weighted by Crippen LogP contribution is -2.61. The molecule has 0 unspecified atom stereocenters. The second-order valence-corrected chi connectivity index (χ2v) is 23.7. The highest BCUT2D eigenvalue weighted by molar-refractivity contribution is 7.80. The monoisotopic (exact) mass is 1320 g/mol. The maximum atomic E-state index is 14.2. The number of rotatable bonds is 45. The van der Waals surface area contributed by atoms with E-state index in [1.165, 1.54) is 0 Å². The Labute approximate surface area is 539 Å². The highest BCUT2D eigenvalue weighted by atomic mass is 32.1. The van der Waals surface area contributed by atoms with Gasteiger partial charge in [0.25, 0.3) is 0 Å². The summed E-state index contributed by atoms with van der Waals surface area (Å²) in [7, 11) is 0. The molecule has 11 amide bonds. The van der Waals surface area contributed by atoms with E-state index in [9.17, 15) is 82.4 Å². The van der Waals surface area contributed by atoms with Crippen molar-refractivity contribution in [3.05, 3.63) is 36.0 Å². The first-order valence-electron chi connectivity index (χ1n) is 30.6. The minimum Gasteiger partial charge on any atom is -0.481 e. The molecule has 2 aromatic rings. The van der Waals surface area contributed by atoms with Gasteiger partial charge in [0.15, 0.2) is 0 Å². The van der Waals surface area contributed by atoms with Gasteiger partial charge in [-0.1, -0.05) is 66.2 Å². The summed E-state index contributed by atoms with van der Waals surface area (Å²) in [6.07, 6.45) is -0.0108. The molecule has 0 spiro atoms.